The summed E-state index contributed by atoms with van der Waals surface area (Å²) in [7, 11) is 0. The van der Waals surface area contributed by atoms with Crippen LogP contribution in [0.5, 0.6) is 0 Å². The van der Waals surface area contributed by atoms with Gasteiger partial charge in [0.25, 0.3) is 0 Å². The zero-order valence-corrected chi connectivity index (χ0v) is 11.4. The standard InChI is InChI=1S/C12H18N2O3S/c1-3-10(11(15)16)13-12(17)14(4-2)8-9-6-5-7-18-9/h5-7,10H,3-4,8H2,1-2H3,(H,13,17)(H,15,16). The van der Waals surface area contributed by atoms with Gasteiger partial charge in [0.2, 0.25) is 0 Å². The number of aliphatic carboxylic acids is 1. The summed E-state index contributed by atoms with van der Waals surface area (Å²) >= 11 is 1.58. The molecule has 0 spiro atoms. The largest absolute Gasteiger partial charge is 0.480 e. The van der Waals surface area contributed by atoms with E-state index in [4.69, 9.17) is 5.11 Å². The van der Waals surface area contributed by atoms with Gasteiger partial charge in [-0.15, -0.1) is 11.3 Å². The van der Waals surface area contributed by atoms with Crippen LogP contribution in [0.4, 0.5) is 4.79 Å². The Kier molecular flexibility index (Phi) is 5.64. The van der Waals surface area contributed by atoms with Crippen LogP contribution in [-0.2, 0) is 11.3 Å². The van der Waals surface area contributed by atoms with E-state index in [1.807, 2.05) is 24.4 Å². The fraction of sp³-hybridized carbons (Fsp3) is 0.500. The number of hydrogen-bond donors (Lipinski definition) is 2. The molecule has 0 saturated carbocycles. The summed E-state index contributed by atoms with van der Waals surface area (Å²) in [5.41, 5.74) is 0. The zero-order chi connectivity index (χ0) is 13.5. The molecule has 2 amide bonds. The number of carbonyl (C=O) groups excluding carboxylic acids is 1. The molecule has 1 heterocycles. The molecule has 0 aliphatic carbocycles. The van der Waals surface area contributed by atoms with Crippen molar-refractivity contribution in [2.75, 3.05) is 6.54 Å². The van der Waals surface area contributed by atoms with Crippen molar-refractivity contribution in [1.82, 2.24) is 10.2 Å². The Balaban J connectivity index is 2.59. The van der Waals surface area contributed by atoms with Crippen LogP contribution in [0.2, 0.25) is 0 Å². The molecule has 2 N–H and O–H groups in total. The first-order valence-corrected chi connectivity index (χ1v) is 6.77. The van der Waals surface area contributed by atoms with E-state index in [1.165, 1.54) is 0 Å². The highest BCUT2D eigenvalue weighted by atomic mass is 32.1. The molecule has 100 valence electrons. The first-order chi connectivity index (χ1) is 8.58. The molecular formula is C12H18N2O3S. The Morgan fingerprint density at radius 3 is 2.67 bits per heavy atom. The second kappa shape index (κ2) is 7.00. The molecule has 6 heteroatoms. The van der Waals surface area contributed by atoms with Crippen LogP contribution in [0.25, 0.3) is 0 Å². The van der Waals surface area contributed by atoms with Gasteiger partial charge in [0, 0.05) is 11.4 Å². The summed E-state index contributed by atoms with van der Waals surface area (Å²) in [4.78, 5) is 25.5. The Labute approximate surface area is 110 Å². The fourth-order valence-corrected chi connectivity index (χ4v) is 2.22. The van der Waals surface area contributed by atoms with Crippen molar-refractivity contribution in [2.24, 2.45) is 0 Å². The van der Waals surface area contributed by atoms with E-state index in [0.29, 0.717) is 19.5 Å². The van der Waals surface area contributed by atoms with Crippen LogP contribution in [-0.4, -0.2) is 34.6 Å². The highest BCUT2D eigenvalue weighted by Crippen LogP contribution is 2.11. The third-order valence-corrected chi connectivity index (χ3v) is 3.46. The first kappa shape index (κ1) is 14.5. The van der Waals surface area contributed by atoms with E-state index >= 15 is 0 Å². The normalized spacial score (nSPS) is 11.9. The Morgan fingerprint density at radius 2 is 2.22 bits per heavy atom. The molecule has 5 nitrogen and oxygen atoms in total. The number of thiophene rings is 1. The summed E-state index contributed by atoms with van der Waals surface area (Å²) in [6, 6.07) is 2.72. The van der Waals surface area contributed by atoms with Gasteiger partial charge in [-0.3, -0.25) is 0 Å². The van der Waals surface area contributed by atoms with Gasteiger partial charge in [-0.1, -0.05) is 13.0 Å². The molecule has 1 rings (SSSR count). The Hall–Kier alpha value is -1.56. The lowest BCUT2D eigenvalue weighted by molar-refractivity contribution is -0.139. The van der Waals surface area contributed by atoms with Gasteiger partial charge in [0.1, 0.15) is 6.04 Å². The average molecular weight is 270 g/mol. The van der Waals surface area contributed by atoms with Crippen molar-refractivity contribution in [2.45, 2.75) is 32.9 Å². The molecule has 0 saturated heterocycles. The topological polar surface area (TPSA) is 69.6 Å². The number of nitrogens with one attached hydrogen (secondary N) is 1. The molecule has 0 aromatic carbocycles. The molecule has 0 bridgehead atoms. The van der Waals surface area contributed by atoms with Crippen LogP contribution < -0.4 is 5.32 Å². The molecule has 0 fully saturated rings. The van der Waals surface area contributed by atoms with Crippen molar-refractivity contribution in [3.8, 4) is 0 Å². The molecule has 1 atom stereocenters. The summed E-state index contributed by atoms with van der Waals surface area (Å²) in [5, 5.41) is 13.4. The van der Waals surface area contributed by atoms with Crippen molar-refractivity contribution in [1.29, 1.82) is 0 Å². The third kappa shape index (κ3) is 4.03. The van der Waals surface area contributed by atoms with E-state index in [1.54, 1.807) is 23.2 Å². The van der Waals surface area contributed by atoms with Crippen molar-refractivity contribution >= 4 is 23.3 Å². The smallest absolute Gasteiger partial charge is 0.326 e. The molecule has 1 aromatic rings. The molecule has 0 aliphatic heterocycles. The van der Waals surface area contributed by atoms with Gasteiger partial charge < -0.3 is 15.3 Å². The predicted octanol–water partition coefficient (Wildman–Crippen LogP) is 2.14. The van der Waals surface area contributed by atoms with E-state index in [2.05, 4.69) is 5.32 Å². The Morgan fingerprint density at radius 1 is 1.50 bits per heavy atom. The number of carboxylic acid groups (broad SMARTS) is 1. The zero-order valence-electron chi connectivity index (χ0n) is 10.5. The number of amides is 2. The van der Waals surface area contributed by atoms with Crippen LogP contribution in [0.3, 0.4) is 0 Å². The molecule has 18 heavy (non-hydrogen) atoms. The van der Waals surface area contributed by atoms with Crippen LogP contribution in [0.1, 0.15) is 25.1 Å². The number of carbonyl (C=O) groups is 2. The minimum absolute atomic E-state index is 0.333. The minimum atomic E-state index is -1.00. The Bertz CT molecular complexity index is 392. The quantitative estimate of drug-likeness (QED) is 0.832. The summed E-state index contributed by atoms with van der Waals surface area (Å²) in [6.45, 7) is 4.65. The van der Waals surface area contributed by atoms with Gasteiger partial charge in [-0.25, -0.2) is 9.59 Å². The van der Waals surface area contributed by atoms with Gasteiger partial charge in [0.15, 0.2) is 0 Å². The SMILES string of the molecule is CCC(NC(=O)N(CC)Cc1cccs1)C(=O)O. The van der Waals surface area contributed by atoms with Gasteiger partial charge in [0.05, 0.1) is 6.54 Å². The molecule has 1 unspecified atom stereocenters. The van der Waals surface area contributed by atoms with Crippen LogP contribution >= 0.6 is 11.3 Å². The second-order valence-corrected chi connectivity index (χ2v) is 4.87. The lowest BCUT2D eigenvalue weighted by atomic mass is 10.2. The first-order valence-electron chi connectivity index (χ1n) is 5.89. The maximum atomic E-state index is 11.9. The molecule has 0 aliphatic rings. The van der Waals surface area contributed by atoms with Crippen LogP contribution in [0, 0.1) is 0 Å². The van der Waals surface area contributed by atoms with Crippen molar-refractivity contribution < 1.29 is 14.7 Å². The molecule has 0 radical (unpaired) electrons. The highest BCUT2D eigenvalue weighted by Gasteiger charge is 2.20. The number of hydrogen-bond acceptors (Lipinski definition) is 3. The predicted molar refractivity (Wildman–Crippen MR) is 70.6 cm³/mol. The van der Waals surface area contributed by atoms with E-state index in [9.17, 15) is 9.59 Å². The summed E-state index contributed by atoms with van der Waals surface area (Å²) in [5.74, 6) is -1.00. The fourth-order valence-electron chi connectivity index (χ4n) is 1.50. The molecule has 1 aromatic heterocycles. The maximum absolute atomic E-state index is 11.9. The van der Waals surface area contributed by atoms with Crippen molar-refractivity contribution in [3.63, 3.8) is 0 Å². The average Bonchev–Trinajstić information content (AvgIpc) is 2.85. The van der Waals surface area contributed by atoms with Gasteiger partial charge >= 0.3 is 12.0 Å². The lowest BCUT2D eigenvalue weighted by Gasteiger charge is -2.23. The van der Waals surface area contributed by atoms with E-state index in [-0.39, 0.29) is 6.03 Å². The molecular weight excluding hydrogens is 252 g/mol. The highest BCUT2D eigenvalue weighted by molar-refractivity contribution is 7.09. The second-order valence-electron chi connectivity index (χ2n) is 3.84. The van der Waals surface area contributed by atoms with E-state index < -0.39 is 12.0 Å². The number of rotatable bonds is 6. The monoisotopic (exact) mass is 270 g/mol. The maximum Gasteiger partial charge on any atom is 0.326 e. The number of urea groups is 1. The third-order valence-electron chi connectivity index (χ3n) is 2.60. The van der Waals surface area contributed by atoms with Crippen LogP contribution in [0.15, 0.2) is 17.5 Å². The minimum Gasteiger partial charge on any atom is -0.480 e. The lowest BCUT2D eigenvalue weighted by Crippen LogP contribution is -2.47. The summed E-state index contributed by atoms with van der Waals surface area (Å²) in [6.07, 6.45) is 0.373. The van der Waals surface area contributed by atoms with Crippen molar-refractivity contribution in [3.05, 3.63) is 22.4 Å². The van der Waals surface area contributed by atoms with E-state index in [0.717, 1.165) is 4.88 Å². The van der Waals surface area contributed by atoms with Gasteiger partial charge in [-0.05, 0) is 24.8 Å². The van der Waals surface area contributed by atoms with Gasteiger partial charge in [-0.2, -0.15) is 0 Å². The summed E-state index contributed by atoms with van der Waals surface area (Å²) < 4.78 is 0. The number of carboxylic acids is 1. The number of nitrogens with zero attached hydrogens (tertiary/aromatic N) is 1.